The van der Waals surface area contributed by atoms with Crippen molar-refractivity contribution >= 4 is 35.0 Å². The van der Waals surface area contributed by atoms with Gasteiger partial charge < -0.3 is 0 Å². The third kappa shape index (κ3) is 4.01. The van der Waals surface area contributed by atoms with Crippen molar-refractivity contribution in [2.75, 3.05) is 0 Å². The first-order chi connectivity index (χ1) is 10.7. The van der Waals surface area contributed by atoms with Crippen LogP contribution in [0.15, 0.2) is 66.1 Å². The van der Waals surface area contributed by atoms with E-state index in [1.54, 1.807) is 11.8 Å². The lowest BCUT2D eigenvalue weighted by atomic mass is 10.1. The van der Waals surface area contributed by atoms with E-state index in [4.69, 9.17) is 23.2 Å². The summed E-state index contributed by atoms with van der Waals surface area (Å²) in [5.74, 6) is 0.817. The Kier molecular flexibility index (Phi) is 4.98. The Morgan fingerprint density at radius 1 is 0.727 bits per heavy atom. The molecule has 0 bridgehead atoms. The minimum Gasteiger partial charge on any atom is -0.230 e. The van der Waals surface area contributed by atoms with E-state index in [0.717, 1.165) is 32.1 Å². The molecule has 2 nitrogen and oxygen atoms in total. The molecule has 0 aliphatic carbocycles. The van der Waals surface area contributed by atoms with E-state index in [1.165, 1.54) is 5.56 Å². The van der Waals surface area contributed by atoms with Crippen LogP contribution in [0, 0.1) is 0 Å². The highest BCUT2D eigenvalue weighted by Crippen LogP contribution is 2.23. The Morgan fingerprint density at radius 2 is 1.27 bits per heavy atom. The van der Waals surface area contributed by atoms with Crippen LogP contribution in [0.4, 0.5) is 0 Å². The predicted molar refractivity (Wildman–Crippen MR) is 93.5 cm³/mol. The van der Waals surface area contributed by atoms with E-state index in [0.29, 0.717) is 0 Å². The molecular weight excluding hydrogens is 335 g/mol. The minimum absolute atomic E-state index is 0.722. The second-order valence-electron chi connectivity index (χ2n) is 4.68. The zero-order valence-corrected chi connectivity index (χ0v) is 13.9. The maximum Gasteiger partial charge on any atom is 0.187 e. The second-order valence-corrected chi connectivity index (χ2v) is 6.49. The molecule has 0 fully saturated rings. The van der Waals surface area contributed by atoms with Gasteiger partial charge in [-0.3, -0.25) is 0 Å². The van der Waals surface area contributed by atoms with Crippen LogP contribution < -0.4 is 0 Å². The van der Waals surface area contributed by atoms with Gasteiger partial charge in [-0.2, -0.15) is 0 Å². The summed E-state index contributed by atoms with van der Waals surface area (Å²) >= 11 is 13.4. The maximum atomic E-state index is 5.89. The molecular formula is C17H12Cl2N2S. The molecule has 3 rings (SSSR count). The van der Waals surface area contributed by atoms with Crippen molar-refractivity contribution in [3.8, 4) is 11.1 Å². The number of aromatic nitrogens is 2. The first kappa shape index (κ1) is 15.3. The maximum absolute atomic E-state index is 5.89. The van der Waals surface area contributed by atoms with Crippen LogP contribution in [0.2, 0.25) is 10.0 Å². The highest BCUT2D eigenvalue weighted by atomic mass is 35.5. The third-order valence-corrected chi connectivity index (χ3v) is 4.54. The number of hydrogen-bond acceptors (Lipinski definition) is 3. The molecule has 22 heavy (non-hydrogen) atoms. The summed E-state index contributed by atoms with van der Waals surface area (Å²) in [6.07, 6.45) is 3.67. The molecule has 2 aromatic carbocycles. The van der Waals surface area contributed by atoms with Gasteiger partial charge in [0.1, 0.15) is 0 Å². The van der Waals surface area contributed by atoms with E-state index in [-0.39, 0.29) is 0 Å². The minimum atomic E-state index is 0.722. The molecule has 0 saturated heterocycles. The Balaban J connectivity index is 1.66. The third-order valence-electron chi connectivity index (χ3n) is 3.09. The lowest BCUT2D eigenvalue weighted by Gasteiger charge is -2.03. The van der Waals surface area contributed by atoms with Gasteiger partial charge >= 0.3 is 0 Å². The van der Waals surface area contributed by atoms with Crippen LogP contribution in [0.25, 0.3) is 11.1 Å². The van der Waals surface area contributed by atoms with Crippen molar-refractivity contribution < 1.29 is 0 Å². The molecule has 0 radical (unpaired) electrons. The van der Waals surface area contributed by atoms with Gasteiger partial charge in [0.05, 0.1) is 0 Å². The molecule has 0 atom stereocenters. The highest BCUT2D eigenvalue weighted by molar-refractivity contribution is 7.98. The van der Waals surface area contributed by atoms with Crippen molar-refractivity contribution in [3.05, 3.63) is 76.5 Å². The van der Waals surface area contributed by atoms with Crippen LogP contribution in [0.5, 0.6) is 0 Å². The lowest BCUT2D eigenvalue weighted by molar-refractivity contribution is 0.969. The van der Waals surface area contributed by atoms with Crippen LogP contribution in [-0.4, -0.2) is 9.97 Å². The molecule has 0 saturated carbocycles. The van der Waals surface area contributed by atoms with Crippen molar-refractivity contribution in [1.29, 1.82) is 0 Å². The largest absolute Gasteiger partial charge is 0.230 e. The Labute approximate surface area is 143 Å². The molecule has 110 valence electrons. The number of benzene rings is 2. The first-order valence-electron chi connectivity index (χ1n) is 6.66. The second kappa shape index (κ2) is 7.14. The van der Waals surface area contributed by atoms with Gasteiger partial charge in [0, 0.05) is 33.8 Å². The van der Waals surface area contributed by atoms with Crippen LogP contribution in [0.3, 0.4) is 0 Å². The lowest BCUT2D eigenvalue weighted by Crippen LogP contribution is -1.89. The van der Waals surface area contributed by atoms with Crippen molar-refractivity contribution in [1.82, 2.24) is 9.97 Å². The summed E-state index contributed by atoms with van der Waals surface area (Å²) in [6, 6.07) is 15.4. The van der Waals surface area contributed by atoms with Gasteiger partial charge in [-0.25, -0.2) is 9.97 Å². The summed E-state index contributed by atoms with van der Waals surface area (Å²) in [7, 11) is 0. The number of rotatable bonds is 4. The smallest absolute Gasteiger partial charge is 0.187 e. The van der Waals surface area contributed by atoms with E-state index >= 15 is 0 Å². The number of thioether (sulfide) groups is 1. The molecule has 5 heteroatoms. The fraction of sp³-hybridized carbons (Fsp3) is 0.0588. The molecule has 0 N–H and O–H groups in total. The Hall–Kier alpha value is -1.55. The summed E-state index contributed by atoms with van der Waals surface area (Å²) in [5, 5.41) is 2.23. The summed E-state index contributed by atoms with van der Waals surface area (Å²) in [4.78, 5) is 8.81. The first-order valence-corrected chi connectivity index (χ1v) is 8.40. The van der Waals surface area contributed by atoms with E-state index in [2.05, 4.69) is 9.97 Å². The van der Waals surface area contributed by atoms with Crippen LogP contribution in [-0.2, 0) is 5.75 Å². The Bertz CT molecular complexity index is 741. The Morgan fingerprint density at radius 3 is 1.86 bits per heavy atom. The molecule has 0 aliphatic rings. The van der Waals surface area contributed by atoms with E-state index in [1.807, 2.05) is 60.9 Å². The van der Waals surface area contributed by atoms with Gasteiger partial charge in [0.15, 0.2) is 5.16 Å². The van der Waals surface area contributed by atoms with Gasteiger partial charge in [0.25, 0.3) is 0 Å². The topological polar surface area (TPSA) is 25.8 Å². The number of nitrogens with zero attached hydrogens (tertiary/aromatic N) is 2. The number of hydrogen-bond donors (Lipinski definition) is 0. The number of halogens is 2. The van der Waals surface area contributed by atoms with E-state index in [9.17, 15) is 0 Å². The van der Waals surface area contributed by atoms with Gasteiger partial charge in [-0.1, -0.05) is 59.2 Å². The summed E-state index contributed by atoms with van der Waals surface area (Å²) < 4.78 is 0. The summed E-state index contributed by atoms with van der Waals surface area (Å²) in [6.45, 7) is 0. The fourth-order valence-electron chi connectivity index (χ4n) is 1.91. The van der Waals surface area contributed by atoms with Crippen LogP contribution >= 0.6 is 35.0 Å². The molecule has 0 aliphatic heterocycles. The van der Waals surface area contributed by atoms with Crippen molar-refractivity contribution in [2.45, 2.75) is 10.9 Å². The standard InChI is InChI=1S/C17H12Cl2N2S/c18-15-5-1-12(2-6-15)11-22-17-20-9-14(10-21-17)13-3-7-16(19)8-4-13/h1-10H,11H2. The van der Waals surface area contributed by atoms with Gasteiger partial charge in [-0.15, -0.1) is 0 Å². The predicted octanol–water partition coefficient (Wildman–Crippen LogP) is 5.74. The van der Waals surface area contributed by atoms with Crippen LogP contribution in [0.1, 0.15) is 5.56 Å². The average molecular weight is 347 g/mol. The quantitative estimate of drug-likeness (QED) is 0.444. The molecule has 0 amide bonds. The van der Waals surface area contributed by atoms with Crippen molar-refractivity contribution in [2.24, 2.45) is 0 Å². The summed E-state index contributed by atoms with van der Waals surface area (Å²) in [5.41, 5.74) is 3.23. The van der Waals surface area contributed by atoms with Gasteiger partial charge in [0.2, 0.25) is 0 Å². The fourth-order valence-corrected chi connectivity index (χ4v) is 2.91. The zero-order chi connectivity index (χ0) is 15.4. The van der Waals surface area contributed by atoms with Crippen molar-refractivity contribution in [3.63, 3.8) is 0 Å². The molecule has 0 spiro atoms. The zero-order valence-electron chi connectivity index (χ0n) is 11.5. The average Bonchev–Trinajstić information content (AvgIpc) is 2.56. The molecule has 3 aromatic rings. The SMILES string of the molecule is Clc1ccc(CSc2ncc(-c3ccc(Cl)cc3)cn2)cc1. The highest BCUT2D eigenvalue weighted by Gasteiger charge is 2.02. The molecule has 1 aromatic heterocycles. The normalized spacial score (nSPS) is 10.6. The monoisotopic (exact) mass is 346 g/mol. The van der Waals surface area contributed by atoms with E-state index < -0.39 is 0 Å². The molecule has 0 unspecified atom stereocenters. The van der Waals surface area contributed by atoms with Gasteiger partial charge in [-0.05, 0) is 35.4 Å². The molecule has 1 heterocycles.